The molecule has 1 aromatic rings. The first-order valence-corrected chi connectivity index (χ1v) is 4.56. The molecule has 0 aliphatic rings. The number of ether oxygens (including phenoxy) is 1. The Bertz CT molecular complexity index is 377. The van der Waals surface area contributed by atoms with Crippen molar-refractivity contribution in [1.29, 1.82) is 0 Å². The van der Waals surface area contributed by atoms with Crippen molar-refractivity contribution in [2.75, 3.05) is 6.61 Å². The maximum Gasteiger partial charge on any atom is 0.340 e. The summed E-state index contributed by atoms with van der Waals surface area (Å²) in [6.45, 7) is -1.52. The second-order valence-electron chi connectivity index (χ2n) is 2.67. The predicted molar refractivity (Wildman–Crippen MR) is 48.5 cm³/mol. The van der Waals surface area contributed by atoms with Gasteiger partial charge in [-0.15, -0.1) is 10.2 Å². The van der Waals surface area contributed by atoms with Crippen LogP contribution in [0.1, 0.15) is 0 Å². The minimum Gasteiger partial charge on any atom is -0.484 e. The van der Waals surface area contributed by atoms with Crippen LogP contribution in [0, 0.1) is 0 Å². The number of hydrogen-bond donors (Lipinski definition) is 0. The van der Waals surface area contributed by atoms with Gasteiger partial charge in [-0.2, -0.15) is 8.78 Å². The van der Waals surface area contributed by atoms with Crippen molar-refractivity contribution >= 4 is 23.2 Å². The molecule has 9 heteroatoms. The molecular weight excluding hydrogens is 275 g/mol. The maximum absolute atomic E-state index is 12.5. The third-order valence-electron chi connectivity index (χ3n) is 1.43. The summed E-state index contributed by atoms with van der Waals surface area (Å²) in [5, 5.41) is 6.05. The van der Waals surface area contributed by atoms with E-state index in [1.807, 2.05) is 0 Å². The smallest absolute Gasteiger partial charge is 0.340 e. The predicted octanol–water partition coefficient (Wildman–Crippen LogP) is 3.06. The average Bonchev–Trinajstić information content (AvgIpc) is 2.19. The SMILES string of the molecule is FC(F)C(F)(F)COc1cc(Cl)nnc1Cl. The largest absolute Gasteiger partial charge is 0.484 e. The zero-order valence-electron chi connectivity index (χ0n) is 7.43. The van der Waals surface area contributed by atoms with E-state index < -0.39 is 19.0 Å². The molecule has 0 fully saturated rings. The summed E-state index contributed by atoms with van der Waals surface area (Å²) in [5.74, 6) is -4.60. The van der Waals surface area contributed by atoms with Gasteiger partial charge in [0.25, 0.3) is 0 Å². The van der Waals surface area contributed by atoms with Crippen molar-refractivity contribution < 1.29 is 22.3 Å². The van der Waals surface area contributed by atoms with E-state index >= 15 is 0 Å². The van der Waals surface area contributed by atoms with Gasteiger partial charge >= 0.3 is 12.3 Å². The van der Waals surface area contributed by atoms with Gasteiger partial charge in [0.15, 0.2) is 22.7 Å². The van der Waals surface area contributed by atoms with Crippen LogP contribution in [0.15, 0.2) is 6.07 Å². The molecule has 0 radical (unpaired) electrons. The standard InChI is InChI=1S/C7H4Cl2F4N2O/c8-4-1-3(5(9)15-14-4)16-2-7(12,13)6(10)11/h1,6H,2H2. The molecule has 3 nitrogen and oxygen atoms in total. The number of alkyl halides is 4. The summed E-state index contributed by atoms with van der Waals surface area (Å²) >= 11 is 10.8. The Kier molecular flexibility index (Phi) is 4.15. The fourth-order valence-corrected chi connectivity index (χ4v) is 0.960. The molecule has 0 saturated carbocycles. The molecule has 0 bridgehead atoms. The van der Waals surface area contributed by atoms with Gasteiger partial charge in [0.2, 0.25) is 0 Å². The third kappa shape index (κ3) is 3.34. The topological polar surface area (TPSA) is 35.0 Å². The fraction of sp³-hybridized carbons (Fsp3) is 0.429. The lowest BCUT2D eigenvalue weighted by atomic mass is 10.4. The van der Waals surface area contributed by atoms with Crippen LogP contribution in [-0.4, -0.2) is 29.2 Å². The zero-order chi connectivity index (χ0) is 12.3. The van der Waals surface area contributed by atoms with Crippen molar-refractivity contribution in [3.63, 3.8) is 0 Å². The summed E-state index contributed by atoms with van der Waals surface area (Å²) in [6.07, 6.45) is -3.82. The number of halogens is 6. The van der Waals surface area contributed by atoms with Crippen LogP contribution in [0.5, 0.6) is 5.75 Å². The number of aromatic nitrogens is 2. The van der Waals surface area contributed by atoms with Crippen LogP contribution in [0.25, 0.3) is 0 Å². The van der Waals surface area contributed by atoms with Crippen molar-refractivity contribution in [2.24, 2.45) is 0 Å². The number of nitrogens with zero attached hydrogens (tertiary/aromatic N) is 2. The summed E-state index contributed by atoms with van der Waals surface area (Å²) in [6, 6.07) is 0.998. The molecule has 0 spiro atoms. The van der Waals surface area contributed by atoms with Gasteiger partial charge in [0, 0.05) is 6.07 Å². The van der Waals surface area contributed by atoms with Crippen LogP contribution in [0.3, 0.4) is 0 Å². The van der Waals surface area contributed by atoms with Gasteiger partial charge in [-0.1, -0.05) is 23.2 Å². The maximum atomic E-state index is 12.5. The molecule has 0 aromatic carbocycles. The van der Waals surface area contributed by atoms with Crippen molar-refractivity contribution in [1.82, 2.24) is 10.2 Å². The highest BCUT2D eigenvalue weighted by Gasteiger charge is 2.41. The molecular formula is C7H4Cl2F4N2O. The van der Waals surface area contributed by atoms with Crippen LogP contribution >= 0.6 is 23.2 Å². The first-order valence-electron chi connectivity index (χ1n) is 3.80. The minimum absolute atomic E-state index is 0.153. The van der Waals surface area contributed by atoms with E-state index in [-0.39, 0.29) is 16.1 Å². The summed E-state index contributed by atoms with van der Waals surface area (Å²) in [7, 11) is 0. The summed E-state index contributed by atoms with van der Waals surface area (Å²) in [5.41, 5.74) is 0. The molecule has 0 saturated heterocycles. The van der Waals surface area contributed by atoms with Crippen LogP contribution in [-0.2, 0) is 0 Å². The molecule has 1 heterocycles. The van der Waals surface area contributed by atoms with E-state index in [4.69, 9.17) is 23.2 Å². The number of hydrogen-bond acceptors (Lipinski definition) is 3. The Morgan fingerprint density at radius 1 is 1.31 bits per heavy atom. The highest BCUT2D eigenvalue weighted by molar-refractivity contribution is 6.32. The molecule has 0 aliphatic carbocycles. The van der Waals surface area contributed by atoms with E-state index in [2.05, 4.69) is 14.9 Å². The monoisotopic (exact) mass is 278 g/mol. The highest BCUT2D eigenvalue weighted by atomic mass is 35.5. The molecule has 0 N–H and O–H groups in total. The summed E-state index contributed by atoms with van der Waals surface area (Å²) < 4.78 is 52.9. The van der Waals surface area contributed by atoms with Crippen LogP contribution < -0.4 is 4.74 Å². The van der Waals surface area contributed by atoms with E-state index in [1.165, 1.54) is 0 Å². The first-order chi connectivity index (χ1) is 7.33. The zero-order valence-corrected chi connectivity index (χ0v) is 8.94. The van der Waals surface area contributed by atoms with Crippen LogP contribution in [0.2, 0.25) is 10.3 Å². The molecule has 16 heavy (non-hydrogen) atoms. The molecule has 0 unspecified atom stereocenters. The molecule has 1 aromatic heterocycles. The lowest BCUT2D eigenvalue weighted by molar-refractivity contribution is -0.148. The van der Waals surface area contributed by atoms with E-state index in [9.17, 15) is 17.6 Å². The highest BCUT2D eigenvalue weighted by Crippen LogP contribution is 2.28. The van der Waals surface area contributed by atoms with Crippen molar-refractivity contribution in [3.8, 4) is 5.75 Å². The fourth-order valence-electron chi connectivity index (χ4n) is 0.676. The second kappa shape index (κ2) is 5.01. The Balaban J connectivity index is 2.71. The summed E-state index contributed by atoms with van der Waals surface area (Å²) in [4.78, 5) is 0. The average molecular weight is 279 g/mol. The van der Waals surface area contributed by atoms with Crippen molar-refractivity contribution in [3.05, 3.63) is 16.4 Å². The molecule has 0 amide bonds. The molecule has 0 aliphatic heterocycles. The van der Waals surface area contributed by atoms with Gasteiger partial charge < -0.3 is 4.74 Å². The van der Waals surface area contributed by atoms with Gasteiger partial charge in [0.05, 0.1) is 0 Å². The Morgan fingerprint density at radius 3 is 2.50 bits per heavy atom. The van der Waals surface area contributed by atoms with E-state index in [0.29, 0.717) is 0 Å². The van der Waals surface area contributed by atoms with Gasteiger partial charge in [-0.25, -0.2) is 8.78 Å². The normalized spacial score (nSPS) is 11.9. The van der Waals surface area contributed by atoms with Crippen molar-refractivity contribution in [2.45, 2.75) is 12.3 Å². The van der Waals surface area contributed by atoms with Gasteiger partial charge in [0.1, 0.15) is 0 Å². The third-order valence-corrected chi connectivity index (χ3v) is 1.87. The second-order valence-corrected chi connectivity index (χ2v) is 3.42. The Labute approximate surface area is 97.3 Å². The van der Waals surface area contributed by atoms with Crippen LogP contribution in [0.4, 0.5) is 17.6 Å². The Morgan fingerprint density at radius 2 is 1.94 bits per heavy atom. The first kappa shape index (κ1) is 13.2. The van der Waals surface area contributed by atoms with Gasteiger partial charge in [-0.3, -0.25) is 0 Å². The van der Waals surface area contributed by atoms with Gasteiger partial charge in [-0.05, 0) is 0 Å². The lowest BCUT2D eigenvalue weighted by Crippen LogP contribution is -2.33. The van der Waals surface area contributed by atoms with E-state index in [1.54, 1.807) is 0 Å². The Hall–Kier alpha value is -0.820. The molecule has 90 valence electrons. The van der Waals surface area contributed by atoms with E-state index in [0.717, 1.165) is 6.07 Å². The molecule has 0 atom stereocenters. The lowest BCUT2D eigenvalue weighted by Gasteiger charge is -2.16. The molecule has 1 rings (SSSR count). The minimum atomic E-state index is -4.26. The number of rotatable bonds is 4. The quantitative estimate of drug-likeness (QED) is 0.794.